The standard InChI is InChI=1S/C15H24BrN/c1-5-7-15(17-8-6-2)13-9-12(4)14(16)10-11(13)3/h9-10,15,17H,5-8H2,1-4H3. The Morgan fingerprint density at radius 2 is 1.82 bits per heavy atom. The highest BCUT2D eigenvalue weighted by Gasteiger charge is 2.13. The minimum Gasteiger partial charge on any atom is -0.310 e. The van der Waals surface area contributed by atoms with E-state index in [-0.39, 0.29) is 0 Å². The zero-order valence-corrected chi connectivity index (χ0v) is 13.0. The highest BCUT2D eigenvalue weighted by molar-refractivity contribution is 9.10. The van der Waals surface area contributed by atoms with Crippen LogP contribution in [0.3, 0.4) is 0 Å². The summed E-state index contributed by atoms with van der Waals surface area (Å²) in [6, 6.07) is 5.07. The SMILES string of the molecule is CCCNC(CCC)c1cc(C)c(Br)cc1C. The van der Waals surface area contributed by atoms with E-state index in [2.05, 4.69) is 61.1 Å². The molecule has 0 aliphatic heterocycles. The second kappa shape index (κ2) is 7.17. The van der Waals surface area contributed by atoms with E-state index in [4.69, 9.17) is 0 Å². The molecule has 1 nitrogen and oxygen atoms in total. The molecule has 0 spiro atoms. The average molecular weight is 298 g/mol. The molecule has 1 unspecified atom stereocenters. The van der Waals surface area contributed by atoms with Crippen molar-refractivity contribution in [2.75, 3.05) is 6.54 Å². The molecule has 0 amide bonds. The van der Waals surface area contributed by atoms with Gasteiger partial charge >= 0.3 is 0 Å². The van der Waals surface area contributed by atoms with Crippen LogP contribution in [0.5, 0.6) is 0 Å². The van der Waals surface area contributed by atoms with Gasteiger partial charge in [-0.2, -0.15) is 0 Å². The van der Waals surface area contributed by atoms with Gasteiger partial charge in [-0.25, -0.2) is 0 Å². The van der Waals surface area contributed by atoms with Crippen molar-refractivity contribution in [2.45, 2.75) is 53.0 Å². The van der Waals surface area contributed by atoms with E-state index in [1.807, 2.05) is 0 Å². The van der Waals surface area contributed by atoms with Crippen LogP contribution in [-0.2, 0) is 0 Å². The smallest absolute Gasteiger partial charge is 0.0322 e. The van der Waals surface area contributed by atoms with Gasteiger partial charge in [-0.15, -0.1) is 0 Å². The molecule has 2 heteroatoms. The molecule has 17 heavy (non-hydrogen) atoms. The largest absolute Gasteiger partial charge is 0.310 e. The summed E-state index contributed by atoms with van der Waals surface area (Å²) in [5.41, 5.74) is 4.16. The number of hydrogen-bond donors (Lipinski definition) is 1. The van der Waals surface area contributed by atoms with E-state index in [9.17, 15) is 0 Å². The van der Waals surface area contributed by atoms with Gasteiger partial charge < -0.3 is 5.32 Å². The lowest BCUT2D eigenvalue weighted by molar-refractivity contribution is 0.492. The third-order valence-corrected chi connectivity index (χ3v) is 4.00. The Hall–Kier alpha value is -0.340. The minimum atomic E-state index is 0.506. The lowest BCUT2D eigenvalue weighted by Gasteiger charge is -2.21. The van der Waals surface area contributed by atoms with Gasteiger partial charge in [-0.05, 0) is 56.0 Å². The monoisotopic (exact) mass is 297 g/mol. The van der Waals surface area contributed by atoms with E-state index in [0.717, 1.165) is 6.54 Å². The van der Waals surface area contributed by atoms with Crippen molar-refractivity contribution in [1.82, 2.24) is 5.32 Å². The predicted octanol–water partition coefficient (Wildman–Crippen LogP) is 4.91. The average Bonchev–Trinajstić information content (AvgIpc) is 2.29. The van der Waals surface area contributed by atoms with E-state index in [0.29, 0.717) is 6.04 Å². The van der Waals surface area contributed by atoms with Crippen LogP contribution >= 0.6 is 15.9 Å². The number of halogens is 1. The quantitative estimate of drug-likeness (QED) is 0.787. The molecule has 0 heterocycles. The molecule has 1 aromatic carbocycles. The lowest BCUT2D eigenvalue weighted by Crippen LogP contribution is -2.22. The van der Waals surface area contributed by atoms with Crippen LogP contribution in [0.25, 0.3) is 0 Å². The van der Waals surface area contributed by atoms with Crippen molar-refractivity contribution < 1.29 is 0 Å². The highest BCUT2D eigenvalue weighted by atomic mass is 79.9. The van der Waals surface area contributed by atoms with Gasteiger partial charge in [0.05, 0.1) is 0 Å². The molecule has 0 aliphatic carbocycles. The molecule has 0 aromatic heterocycles. The van der Waals surface area contributed by atoms with Gasteiger partial charge in [0.15, 0.2) is 0 Å². The Morgan fingerprint density at radius 1 is 1.12 bits per heavy atom. The summed E-state index contributed by atoms with van der Waals surface area (Å²) < 4.78 is 1.21. The Labute approximate surface area is 114 Å². The van der Waals surface area contributed by atoms with E-state index >= 15 is 0 Å². The molecule has 0 saturated heterocycles. The van der Waals surface area contributed by atoms with Gasteiger partial charge in [0.1, 0.15) is 0 Å². The van der Waals surface area contributed by atoms with Crippen LogP contribution in [0.2, 0.25) is 0 Å². The Kier molecular flexibility index (Phi) is 6.21. The van der Waals surface area contributed by atoms with Crippen molar-refractivity contribution >= 4 is 15.9 Å². The van der Waals surface area contributed by atoms with Gasteiger partial charge in [0.2, 0.25) is 0 Å². The summed E-state index contributed by atoms with van der Waals surface area (Å²) in [4.78, 5) is 0. The van der Waals surface area contributed by atoms with E-state index < -0.39 is 0 Å². The molecular formula is C15H24BrN. The Morgan fingerprint density at radius 3 is 2.41 bits per heavy atom. The molecule has 0 fully saturated rings. The first-order valence-corrected chi connectivity index (χ1v) is 7.39. The third-order valence-electron chi connectivity index (χ3n) is 3.14. The molecule has 0 bridgehead atoms. The second-order valence-electron chi connectivity index (χ2n) is 4.75. The molecule has 1 aromatic rings. The fourth-order valence-corrected chi connectivity index (χ4v) is 2.61. The molecule has 96 valence electrons. The molecule has 1 rings (SSSR count). The summed E-state index contributed by atoms with van der Waals surface area (Å²) in [7, 11) is 0. The zero-order chi connectivity index (χ0) is 12.8. The van der Waals surface area contributed by atoms with Gasteiger partial charge in [-0.1, -0.05) is 42.3 Å². The number of nitrogens with one attached hydrogen (secondary N) is 1. The second-order valence-corrected chi connectivity index (χ2v) is 5.61. The minimum absolute atomic E-state index is 0.506. The summed E-state index contributed by atoms with van der Waals surface area (Å²) in [6.45, 7) is 9.93. The third kappa shape index (κ3) is 4.11. The maximum absolute atomic E-state index is 3.66. The van der Waals surface area contributed by atoms with Crippen LogP contribution in [0.4, 0.5) is 0 Å². The maximum Gasteiger partial charge on any atom is 0.0322 e. The fourth-order valence-electron chi connectivity index (χ4n) is 2.15. The first-order chi connectivity index (χ1) is 8.10. The summed E-state index contributed by atoms with van der Waals surface area (Å²) in [5, 5.41) is 3.66. The van der Waals surface area contributed by atoms with Crippen molar-refractivity contribution in [3.8, 4) is 0 Å². The van der Waals surface area contributed by atoms with E-state index in [1.54, 1.807) is 0 Å². The number of aryl methyl sites for hydroxylation is 2. The summed E-state index contributed by atoms with van der Waals surface area (Å²) in [5.74, 6) is 0. The van der Waals surface area contributed by atoms with Gasteiger partial charge in [0, 0.05) is 10.5 Å². The molecule has 0 aliphatic rings. The molecular weight excluding hydrogens is 274 g/mol. The molecule has 0 saturated carbocycles. The topological polar surface area (TPSA) is 12.0 Å². The van der Waals surface area contributed by atoms with Gasteiger partial charge in [0.25, 0.3) is 0 Å². The van der Waals surface area contributed by atoms with Crippen molar-refractivity contribution in [3.63, 3.8) is 0 Å². The Balaban J connectivity index is 2.96. The molecule has 0 radical (unpaired) electrons. The number of rotatable bonds is 6. The van der Waals surface area contributed by atoms with Crippen molar-refractivity contribution in [2.24, 2.45) is 0 Å². The summed E-state index contributed by atoms with van der Waals surface area (Å²) in [6.07, 6.45) is 3.62. The first-order valence-electron chi connectivity index (χ1n) is 6.60. The fraction of sp³-hybridized carbons (Fsp3) is 0.600. The van der Waals surface area contributed by atoms with Crippen molar-refractivity contribution in [3.05, 3.63) is 33.3 Å². The van der Waals surface area contributed by atoms with Crippen molar-refractivity contribution in [1.29, 1.82) is 0 Å². The van der Waals surface area contributed by atoms with Crippen LogP contribution in [-0.4, -0.2) is 6.54 Å². The Bertz CT molecular complexity index is 360. The van der Waals surface area contributed by atoms with Crippen LogP contribution in [0.1, 0.15) is 55.8 Å². The normalized spacial score (nSPS) is 12.8. The van der Waals surface area contributed by atoms with E-state index in [1.165, 1.54) is 40.4 Å². The zero-order valence-electron chi connectivity index (χ0n) is 11.4. The van der Waals surface area contributed by atoms with Crippen LogP contribution in [0.15, 0.2) is 16.6 Å². The maximum atomic E-state index is 3.66. The van der Waals surface area contributed by atoms with Crippen LogP contribution < -0.4 is 5.32 Å². The van der Waals surface area contributed by atoms with Gasteiger partial charge in [-0.3, -0.25) is 0 Å². The van der Waals surface area contributed by atoms with Crippen LogP contribution in [0, 0.1) is 13.8 Å². The lowest BCUT2D eigenvalue weighted by atomic mass is 9.96. The first kappa shape index (κ1) is 14.7. The number of hydrogen-bond acceptors (Lipinski definition) is 1. The number of benzene rings is 1. The molecule has 1 atom stereocenters. The summed E-state index contributed by atoms with van der Waals surface area (Å²) >= 11 is 3.60. The predicted molar refractivity (Wildman–Crippen MR) is 79.6 cm³/mol. The highest BCUT2D eigenvalue weighted by Crippen LogP contribution is 2.27. The molecule has 1 N–H and O–H groups in total.